The van der Waals surface area contributed by atoms with Gasteiger partial charge in [0.2, 0.25) is 0 Å². The van der Waals surface area contributed by atoms with E-state index in [9.17, 15) is 14.9 Å². The van der Waals surface area contributed by atoms with Crippen LogP contribution in [-0.4, -0.2) is 36.6 Å². The van der Waals surface area contributed by atoms with Gasteiger partial charge in [-0.1, -0.05) is 13.0 Å². The first kappa shape index (κ1) is 17.6. The highest BCUT2D eigenvalue weighted by Gasteiger charge is 2.38. The number of carbonyl (C=O) groups excluding carboxylic acids is 1. The fourth-order valence-electron chi connectivity index (χ4n) is 2.50. The number of nitro groups is 1. The number of ether oxygens (including phenoxy) is 2. The standard InChI is InChI=1S/C16H21N3O5/c1-5-8-24-12-7-6-11(9-13(12)23-4)14-15(19(21)22)10(2)18(3)16(20)17-14/h6-7,9,14H,5,8H2,1-4H3,(H,17,20). The summed E-state index contributed by atoms with van der Waals surface area (Å²) in [6, 6.07) is 3.80. The lowest BCUT2D eigenvalue weighted by molar-refractivity contribution is -0.433. The molecule has 1 unspecified atom stereocenters. The molecule has 24 heavy (non-hydrogen) atoms. The monoisotopic (exact) mass is 335 g/mol. The van der Waals surface area contributed by atoms with Crippen LogP contribution in [0.25, 0.3) is 0 Å². The van der Waals surface area contributed by atoms with Crippen LogP contribution in [0.5, 0.6) is 11.5 Å². The molecule has 1 aromatic rings. The quantitative estimate of drug-likeness (QED) is 0.637. The van der Waals surface area contributed by atoms with E-state index in [1.54, 1.807) is 25.1 Å². The van der Waals surface area contributed by atoms with E-state index in [2.05, 4.69) is 5.32 Å². The molecule has 2 amide bonds. The molecule has 1 aromatic carbocycles. The van der Waals surface area contributed by atoms with Gasteiger partial charge in [0.05, 0.1) is 24.3 Å². The van der Waals surface area contributed by atoms with Gasteiger partial charge < -0.3 is 14.8 Å². The third kappa shape index (κ3) is 3.27. The van der Waals surface area contributed by atoms with E-state index in [1.165, 1.54) is 19.1 Å². The SMILES string of the molecule is CCCOc1ccc(C2NC(=O)N(C)C(C)=C2[N+](=O)[O-])cc1OC. The first-order chi connectivity index (χ1) is 11.4. The molecule has 1 atom stereocenters. The summed E-state index contributed by atoms with van der Waals surface area (Å²) in [6.45, 7) is 4.09. The molecule has 8 nitrogen and oxygen atoms in total. The second kappa shape index (κ2) is 7.20. The molecule has 130 valence electrons. The molecular weight excluding hydrogens is 314 g/mol. The molecule has 0 saturated carbocycles. The number of urea groups is 1. The van der Waals surface area contributed by atoms with Crippen molar-refractivity contribution in [1.82, 2.24) is 10.2 Å². The number of benzene rings is 1. The van der Waals surface area contributed by atoms with Crippen molar-refractivity contribution in [3.63, 3.8) is 0 Å². The number of methoxy groups -OCH3 is 1. The van der Waals surface area contributed by atoms with Gasteiger partial charge >= 0.3 is 6.03 Å². The third-order valence-corrected chi connectivity index (χ3v) is 3.90. The van der Waals surface area contributed by atoms with Crippen molar-refractivity contribution in [3.8, 4) is 11.5 Å². The van der Waals surface area contributed by atoms with Crippen molar-refractivity contribution in [2.45, 2.75) is 26.3 Å². The molecular formula is C16H21N3O5. The summed E-state index contributed by atoms with van der Waals surface area (Å²) < 4.78 is 10.9. The number of hydrogen-bond acceptors (Lipinski definition) is 5. The molecule has 1 aliphatic rings. The summed E-state index contributed by atoms with van der Waals surface area (Å²) in [4.78, 5) is 24.3. The lowest BCUT2D eigenvalue weighted by Gasteiger charge is -2.29. The zero-order valence-electron chi connectivity index (χ0n) is 14.2. The normalized spacial score (nSPS) is 17.6. The largest absolute Gasteiger partial charge is 0.493 e. The van der Waals surface area contributed by atoms with Crippen molar-refractivity contribution in [1.29, 1.82) is 0 Å². The van der Waals surface area contributed by atoms with E-state index in [4.69, 9.17) is 9.47 Å². The highest BCUT2D eigenvalue weighted by atomic mass is 16.6. The first-order valence-electron chi connectivity index (χ1n) is 7.60. The van der Waals surface area contributed by atoms with Crippen molar-refractivity contribution >= 4 is 6.03 Å². The maximum atomic E-state index is 12.0. The molecule has 0 saturated heterocycles. The van der Waals surface area contributed by atoms with Gasteiger partial charge in [0.1, 0.15) is 6.04 Å². The number of nitrogens with zero attached hydrogens (tertiary/aromatic N) is 2. The zero-order valence-corrected chi connectivity index (χ0v) is 14.2. The number of nitrogens with one attached hydrogen (secondary N) is 1. The summed E-state index contributed by atoms with van der Waals surface area (Å²) in [5, 5.41) is 14.1. The topological polar surface area (TPSA) is 93.9 Å². The summed E-state index contributed by atoms with van der Waals surface area (Å²) >= 11 is 0. The fraction of sp³-hybridized carbons (Fsp3) is 0.438. The highest BCUT2D eigenvalue weighted by Crippen LogP contribution is 2.35. The van der Waals surface area contributed by atoms with Gasteiger partial charge in [0.15, 0.2) is 11.5 Å². The number of allylic oxidation sites excluding steroid dienone is 1. The highest BCUT2D eigenvalue weighted by molar-refractivity contribution is 5.78. The number of rotatable bonds is 6. The molecule has 1 heterocycles. The van der Waals surface area contributed by atoms with Gasteiger partial charge in [-0.2, -0.15) is 0 Å². The van der Waals surface area contributed by atoms with E-state index in [1.807, 2.05) is 6.92 Å². The van der Waals surface area contributed by atoms with Crippen LogP contribution in [0, 0.1) is 10.1 Å². The van der Waals surface area contributed by atoms with Gasteiger partial charge in [0.25, 0.3) is 5.70 Å². The van der Waals surface area contributed by atoms with E-state index in [-0.39, 0.29) is 5.70 Å². The van der Waals surface area contributed by atoms with Crippen molar-refractivity contribution < 1.29 is 19.2 Å². The maximum absolute atomic E-state index is 12.0. The average Bonchev–Trinajstić information content (AvgIpc) is 2.56. The number of hydrogen-bond donors (Lipinski definition) is 1. The Balaban J connectivity index is 2.46. The molecule has 0 spiro atoms. The fourth-order valence-corrected chi connectivity index (χ4v) is 2.50. The molecule has 8 heteroatoms. The van der Waals surface area contributed by atoms with Crippen LogP contribution >= 0.6 is 0 Å². The Hall–Kier alpha value is -2.77. The van der Waals surface area contributed by atoms with Gasteiger partial charge in [-0.05, 0) is 31.0 Å². The van der Waals surface area contributed by atoms with Crippen LogP contribution in [-0.2, 0) is 0 Å². The van der Waals surface area contributed by atoms with Crippen LogP contribution in [0.1, 0.15) is 31.9 Å². The molecule has 0 aromatic heterocycles. The van der Waals surface area contributed by atoms with Crippen molar-refractivity contribution in [2.75, 3.05) is 20.8 Å². The minimum Gasteiger partial charge on any atom is -0.493 e. The Bertz CT molecular complexity index is 686. The van der Waals surface area contributed by atoms with Crippen LogP contribution in [0.15, 0.2) is 29.6 Å². The van der Waals surface area contributed by atoms with Gasteiger partial charge in [-0.15, -0.1) is 0 Å². The van der Waals surface area contributed by atoms with Crippen LogP contribution in [0.3, 0.4) is 0 Å². The summed E-state index contributed by atoms with van der Waals surface area (Å²) in [5.74, 6) is 1.03. The lowest BCUT2D eigenvalue weighted by Crippen LogP contribution is -2.45. The van der Waals surface area contributed by atoms with Crippen LogP contribution in [0.2, 0.25) is 0 Å². The molecule has 2 rings (SSSR count). The second-order valence-corrected chi connectivity index (χ2v) is 5.43. The summed E-state index contributed by atoms with van der Waals surface area (Å²) in [6.07, 6.45) is 0.851. The number of amides is 2. The van der Waals surface area contributed by atoms with Crippen LogP contribution < -0.4 is 14.8 Å². The minimum absolute atomic E-state index is 0.0682. The summed E-state index contributed by atoms with van der Waals surface area (Å²) in [5.41, 5.74) is 0.795. The van der Waals surface area contributed by atoms with Gasteiger partial charge in [0, 0.05) is 7.05 Å². The smallest absolute Gasteiger partial charge is 0.322 e. The predicted octanol–water partition coefficient (Wildman–Crippen LogP) is 2.69. The minimum atomic E-state index is -0.849. The average molecular weight is 335 g/mol. The molecule has 1 N–H and O–H groups in total. The molecule has 0 radical (unpaired) electrons. The van der Waals surface area contributed by atoms with Gasteiger partial charge in [-0.3, -0.25) is 15.0 Å². The van der Waals surface area contributed by atoms with E-state index >= 15 is 0 Å². The van der Waals surface area contributed by atoms with Crippen molar-refractivity contribution in [3.05, 3.63) is 45.3 Å². The Morgan fingerprint density at radius 2 is 2.08 bits per heavy atom. The number of carbonyl (C=O) groups is 1. The zero-order chi connectivity index (χ0) is 17.9. The lowest BCUT2D eigenvalue weighted by atomic mass is 10.00. The Kier molecular flexibility index (Phi) is 5.28. The van der Waals surface area contributed by atoms with Crippen molar-refractivity contribution in [2.24, 2.45) is 0 Å². The molecule has 1 aliphatic heterocycles. The Morgan fingerprint density at radius 3 is 2.67 bits per heavy atom. The summed E-state index contributed by atoms with van der Waals surface area (Å²) in [7, 11) is 2.99. The molecule has 0 bridgehead atoms. The van der Waals surface area contributed by atoms with Crippen LogP contribution in [0.4, 0.5) is 4.79 Å². The molecule has 0 fully saturated rings. The third-order valence-electron chi connectivity index (χ3n) is 3.90. The first-order valence-corrected chi connectivity index (χ1v) is 7.60. The Morgan fingerprint density at radius 1 is 1.38 bits per heavy atom. The van der Waals surface area contributed by atoms with E-state index in [0.717, 1.165) is 6.42 Å². The Labute approximate surface area is 140 Å². The van der Waals surface area contributed by atoms with Gasteiger partial charge in [-0.25, -0.2) is 4.79 Å². The predicted molar refractivity (Wildman–Crippen MR) is 87.5 cm³/mol. The second-order valence-electron chi connectivity index (χ2n) is 5.43. The van der Waals surface area contributed by atoms with E-state index < -0.39 is 17.0 Å². The molecule has 0 aliphatic carbocycles. The maximum Gasteiger partial charge on any atom is 0.322 e. The van der Waals surface area contributed by atoms with E-state index in [0.29, 0.717) is 29.4 Å².